The number of phenolic OH excluding ortho intramolecular Hbond substituents is 1. The molecule has 0 amide bonds. The minimum atomic E-state index is -0.400. The Morgan fingerprint density at radius 3 is 2.55 bits per heavy atom. The topological polar surface area (TPSA) is 40.5 Å². The molecule has 0 unspecified atom stereocenters. The van der Waals surface area contributed by atoms with Gasteiger partial charge in [0, 0.05) is 6.42 Å². The van der Waals surface area contributed by atoms with Crippen LogP contribution in [0.25, 0.3) is 0 Å². The molecule has 0 heterocycles. The Balaban J connectivity index is 2.78. The monoisotopic (exact) mass is 152 g/mol. The van der Waals surface area contributed by atoms with Gasteiger partial charge in [0.05, 0.1) is 6.10 Å². The molecule has 2 heteroatoms. The molecular formula is C9H12O2. The van der Waals surface area contributed by atoms with Gasteiger partial charge in [0.25, 0.3) is 0 Å². The summed E-state index contributed by atoms with van der Waals surface area (Å²) in [4.78, 5) is 0. The summed E-state index contributed by atoms with van der Waals surface area (Å²) in [6.45, 7) is 1.70. The maximum atomic E-state index is 9.25. The fourth-order valence-electron chi connectivity index (χ4n) is 1.00. The van der Waals surface area contributed by atoms with Crippen molar-refractivity contribution in [3.05, 3.63) is 29.8 Å². The zero-order chi connectivity index (χ0) is 8.27. The molecule has 11 heavy (non-hydrogen) atoms. The molecule has 2 nitrogen and oxygen atoms in total. The lowest BCUT2D eigenvalue weighted by molar-refractivity contribution is 0.194. The Kier molecular flexibility index (Phi) is 2.49. The van der Waals surface area contributed by atoms with Crippen molar-refractivity contribution in [1.29, 1.82) is 0 Å². The number of aliphatic hydroxyl groups is 1. The number of hydrogen-bond donors (Lipinski definition) is 2. The fraction of sp³-hybridized carbons (Fsp3) is 0.333. The maximum absolute atomic E-state index is 9.25. The van der Waals surface area contributed by atoms with Crippen LogP contribution in [0.5, 0.6) is 5.75 Å². The van der Waals surface area contributed by atoms with Gasteiger partial charge in [-0.3, -0.25) is 0 Å². The smallest absolute Gasteiger partial charge is 0.118 e. The highest BCUT2D eigenvalue weighted by Gasteiger charge is 2.02. The molecule has 1 atom stereocenters. The zero-order valence-corrected chi connectivity index (χ0v) is 6.49. The third-order valence-electron chi connectivity index (χ3n) is 1.51. The van der Waals surface area contributed by atoms with Gasteiger partial charge in [-0.2, -0.15) is 0 Å². The van der Waals surface area contributed by atoms with Crippen LogP contribution in [0.3, 0.4) is 0 Å². The number of aromatic hydroxyl groups is 1. The summed E-state index contributed by atoms with van der Waals surface area (Å²) in [7, 11) is 0. The maximum Gasteiger partial charge on any atom is 0.118 e. The van der Waals surface area contributed by atoms with Gasteiger partial charge in [-0.1, -0.05) is 18.2 Å². The first-order valence-electron chi connectivity index (χ1n) is 3.65. The molecule has 60 valence electrons. The summed E-state index contributed by atoms with van der Waals surface area (Å²) in [5.74, 6) is 0.258. The summed E-state index contributed by atoms with van der Waals surface area (Å²) < 4.78 is 0. The molecule has 0 radical (unpaired) electrons. The Labute approximate surface area is 66.1 Å². The molecule has 1 aromatic carbocycles. The molecule has 0 aliphatic heterocycles. The van der Waals surface area contributed by atoms with E-state index in [2.05, 4.69) is 0 Å². The second-order valence-corrected chi connectivity index (χ2v) is 2.68. The van der Waals surface area contributed by atoms with Crippen molar-refractivity contribution in [3.8, 4) is 5.75 Å². The van der Waals surface area contributed by atoms with Crippen LogP contribution in [0.4, 0.5) is 0 Å². The molecule has 0 spiro atoms. The molecule has 0 aromatic heterocycles. The van der Waals surface area contributed by atoms with Crippen LogP contribution in [0.1, 0.15) is 12.5 Å². The first-order chi connectivity index (χ1) is 5.20. The van der Waals surface area contributed by atoms with Crippen LogP contribution >= 0.6 is 0 Å². The summed E-state index contributed by atoms with van der Waals surface area (Å²) in [6, 6.07) is 7.04. The highest BCUT2D eigenvalue weighted by molar-refractivity contribution is 5.32. The molecule has 0 saturated heterocycles. The fourth-order valence-corrected chi connectivity index (χ4v) is 1.00. The molecule has 0 bridgehead atoms. The minimum absolute atomic E-state index is 0.258. The number of rotatable bonds is 2. The molecule has 0 aliphatic rings. The van der Waals surface area contributed by atoms with E-state index in [1.807, 2.05) is 12.1 Å². The van der Waals surface area contributed by atoms with Gasteiger partial charge in [-0.25, -0.2) is 0 Å². The Morgan fingerprint density at radius 2 is 2.00 bits per heavy atom. The van der Waals surface area contributed by atoms with Crippen molar-refractivity contribution in [2.75, 3.05) is 0 Å². The van der Waals surface area contributed by atoms with E-state index in [0.29, 0.717) is 6.42 Å². The van der Waals surface area contributed by atoms with E-state index in [1.54, 1.807) is 19.1 Å². The van der Waals surface area contributed by atoms with E-state index in [9.17, 15) is 5.11 Å². The van der Waals surface area contributed by atoms with Crippen molar-refractivity contribution in [1.82, 2.24) is 0 Å². The van der Waals surface area contributed by atoms with Crippen molar-refractivity contribution in [2.24, 2.45) is 0 Å². The van der Waals surface area contributed by atoms with Gasteiger partial charge in [0.15, 0.2) is 0 Å². The Hall–Kier alpha value is -1.02. The van der Waals surface area contributed by atoms with E-state index in [1.165, 1.54) is 0 Å². The molecule has 0 saturated carbocycles. The van der Waals surface area contributed by atoms with Crippen LogP contribution in [0.15, 0.2) is 24.3 Å². The third-order valence-corrected chi connectivity index (χ3v) is 1.51. The van der Waals surface area contributed by atoms with Gasteiger partial charge in [0.1, 0.15) is 5.75 Å². The molecule has 0 fully saturated rings. The first-order valence-corrected chi connectivity index (χ1v) is 3.65. The lowest BCUT2D eigenvalue weighted by Crippen LogP contribution is -2.03. The van der Waals surface area contributed by atoms with Crippen LogP contribution in [-0.2, 0) is 6.42 Å². The van der Waals surface area contributed by atoms with Gasteiger partial charge >= 0.3 is 0 Å². The number of phenols is 1. The lowest BCUT2D eigenvalue weighted by Gasteiger charge is -2.05. The summed E-state index contributed by atoms with van der Waals surface area (Å²) in [5, 5.41) is 18.3. The van der Waals surface area contributed by atoms with Crippen LogP contribution in [-0.4, -0.2) is 16.3 Å². The molecule has 1 rings (SSSR count). The van der Waals surface area contributed by atoms with Gasteiger partial charge in [0.2, 0.25) is 0 Å². The average molecular weight is 152 g/mol. The second kappa shape index (κ2) is 3.39. The number of para-hydroxylation sites is 1. The summed E-state index contributed by atoms with van der Waals surface area (Å²) >= 11 is 0. The van der Waals surface area contributed by atoms with E-state index >= 15 is 0 Å². The summed E-state index contributed by atoms with van der Waals surface area (Å²) in [5.41, 5.74) is 0.794. The first kappa shape index (κ1) is 8.08. The standard InChI is InChI=1S/C9H12O2/c1-7(10)6-8-4-2-3-5-9(8)11/h2-5,7,10-11H,6H2,1H3/t7-/m1/s1. The van der Waals surface area contributed by atoms with E-state index in [4.69, 9.17) is 5.11 Å². The van der Waals surface area contributed by atoms with E-state index in [0.717, 1.165) is 5.56 Å². The van der Waals surface area contributed by atoms with Crippen molar-refractivity contribution in [2.45, 2.75) is 19.4 Å². The second-order valence-electron chi connectivity index (χ2n) is 2.68. The molecule has 0 aliphatic carbocycles. The zero-order valence-electron chi connectivity index (χ0n) is 6.49. The highest BCUT2D eigenvalue weighted by atomic mass is 16.3. The van der Waals surface area contributed by atoms with Crippen LogP contribution in [0.2, 0.25) is 0 Å². The normalized spacial score (nSPS) is 12.9. The van der Waals surface area contributed by atoms with E-state index in [-0.39, 0.29) is 5.75 Å². The SMILES string of the molecule is C[C@@H](O)Cc1ccccc1O. The predicted molar refractivity (Wildman–Crippen MR) is 43.5 cm³/mol. The van der Waals surface area contributed by atoms with Crippen molar-refractivity contribution in [3.63, 3.8) is 0 Å². The van der Waals surface area contributed by atoms with E-state index < -0.39 is 6.10 Å². The van der Waals surface area contributed by atoms with Gasteiger partial charge < -0.3 is 10.2 Å². The molecule has 2 N–H and O–H groups in total. The quantitative estimate of drug-likeness (QED) is 0.671. The third kappa shape index (κ3) is 2.24. The lowest BCUT2D eigenvalue weighted by atomic mass is 10.1. The molecular weight excluding hydrogens is 140 g/mol. The Bertz CT molecular complexity index is 231. The summed E-state index contributed by atoms with van der Waals surface area (Å²) in [6.07, 6.45) is 0.107. The van der Waals surface area contributed by atoms with Gasteiger partial charge in [-0.05, 0) is 18.6 Å². The highest BCUT2D eigenvalue weighted by Crippen LogP contribution is 2.16. The predicted octanol–water partition coefficient (Wildman–Crippen LogP) is 1.32. The van der Waals surface area contributed by atoms with Crippen LogP contribution in [0, 0.1) is 0 Å². The largest absolute Gasteiger partial charge is 0.508 e. The Morgan fingerprint density at radius 1 is 1.36 bits per heavy atom. The number of aliphatic hydroxyl groups excluding tert-OH is 1. The van der Waals surface area contributed by atoms with Crippen molar-refractivity contribution >= 4 is 0 Å². The number of hydrogen-bond acceptors (Lipinski definition) is 2. The number of benzene rings is 1. The minimum Gasteiger partial charge on any atom is -0.508 e. The average Bonchev–Trinajstić information content (AvgIpc) is 1.93. The van der Waals surface area contributed by atoms with Gasteiger partial charge in [-0.15, -0.1) is 0 Å². The van der Waals surface area contributed by atoms with Crippen LogP contribution < -0.4 is 0 Å². The van der Waals surface area contributed by atoms with Crippen molar-refractivity contribution < 1.29 is 10.2 Å². The molecule has 1 aromatic rings.